The Bertz CT molecular complexity index is 613. The minimum atomic E-state index is 0. The van der Waals surface area contributed by atoms with Crippen molar-refractivity contribution in [3.8, 4) is 0 Å². The van der Waals surface area contributed by atoms with Crippen LogP contribution in [-0.4, -0.2) is 24.5 Å². The van der Waals surface area contributed by atoms with E-state index in [9.17, 15) is 0 Å². The Hall–Kier alpha value is -1.15. The summed E-state index contributed by atoms with van der Waals surface area (Å²) in [4.78, 5) is 10.0. The topological polar surface area (TPSA) is 49.3 Å². The fourth-order valence-electron chi connectivity index (χ4n) is 2.46. The standard InChI is InChI=1S/C19H28N4S.HI/c1-3-17-14-22-18(24-17)15-23-19(20-2)21-13-9-5-8-12-16-10-6-4-7-11-16;/h4,6-7,10-11,14H,3,5,8-9,12-13,15H2,1-2H3,(H2,20,21,23);1H. The second-order valence-corrected chi connectivity index (χ2v) is 6.92. The summed E-state index contributed by atoms with van der Waals surface area (Å²) in [7, 11) is 1.81. The zero-order valence-corrected chi connectivity index (χ0v) is 18.3. The first-order chi connectivity index (χ1) is 11.8. The lowest BCUT2D eigenvalue weighted by Gasteiger charge is -2.10. The van der Waals surface area contributed by atoms with Gasteiger partial charge in [-0.3, -0.25) is 4.99 Å². The van der Waals surface area contributed by atoms with Crippen molar-refractivity contribution in [3.63, 3.8) is 0 Å². The summed E-state index contributed by atoms with van der Waals surface area (Å²) in [6, 6.07) is 10.7. The Kier molecular flexibility index (Phi) is 11.5. The number of nitrogens with zero attached hydrogens (tertiary/aromatic N) is 2. The Morgan fingerprint density at radius 1 is 1.12 bits per heavy atom. The number of aliphatic imine (C=N–C) groups is 1. The summed E-state index contributed by atoms with van der Waals surface area (Å²) >= 11 is 1.76. The van der Waals surface area contributed by atoms with Crippen LogP contribution in [-0.2, 0) is 19.4 Å². The van der Waals surface area contributed by atoms with Crippen molar-refractivity contribution in [2.24, 2.45) is 4.99 Å². The number of thiazole rings is 1. The first-order valence-electron chi connectivity index (χ1n) is 8.74. The molecule has 2 aromatic rings. The van der Waals surface area contributed by atoms with Crippen LogP contribution in [0.25, 0.3) is 0 Å². The van der Waals surface area contributed by atoms with E-state index in [0.717, 1.165) is 43.3 Å². The van der Waals surface area contributed by atoms with Gasteiger partial charge in [-0.2, -0.15) is 0 Å². The minimum Gasteiger partial charge on any atom is -0.356 e. The fourth-order valence-corrected chi connectivity index (χ4v) is 3.26. The lowest BCUT2D eigenvalue weighted by Crippen LogP contribution is -2.37. The molecule has 1 heterocycles. The number of hydrogen-bond donors (Lipinski definition) is 2. The highest BCUT2D eigenvalue weighted by molar-refractivity contribution is 14.0. The molecule has 0 aliphatic rings. The highest BCUT2D eigenvalue weighted by Crippen LogP contribution is 2.12. The zero-order valence-electron chi connectivity index (χ0n) is 15.1. The van der Waals surface area contributed by atoms with Crippen molar-refractivity contribution in [1.29, 1.82) is 0 Å². The molecule has 0 unspecified atom stereocenters. The number of halogens is 1. The molecule has 0 spiro atoms. The second-order valence-electron chi connectivity index (χ2n) is 5.72. The summed E-state index contributed by atoms with van der Waals surface area (Å²) in [5.74, 6) is 0.853. The van der Waals surface area contributed by atoms with Crippen LogP contribution in [0.3, 0.4) is 0 Å². The van der Waals surface area contributed by atoms with Gasteiger partial charge in [0.1, 0.15) is 5.01 Å². The number of guanidine groups is 1. The summed E-state index contributed by atoms with van der Waals surface area (Å²) < 4.78 is 0. The van der Waals surface area contributed by atoms with Crippen LogP contribution >= 0.6 is 35.3 Å². The molecule has 0 amide bonds. The van der Waals surface area contributed by atoms with Gasteiger partial charge in [-0.1, -0.05) is 43.7 Å². The summed E-state index contributed by atoms with van der Waals surface area (Å²) in [5.41, 5.74) is 1.43. The van der Waals surface area contributed by atoms with Crippen LogP contribution in [0.2, 0.25) is 0 Å². The van der Waals surface area contributed by atoms with Crippen LogP contribution < -0.4 is 10.6 Å². The zero-order chi connectivity index (χ0) is 17.0. The Morgan fingerprint density at radius 3 is 2.60 bits per heavy atom. The molecule has 2 N–H and O–H groups in total. The molecule has 4 nitrogen and oxygen atoms in total. The normalized spacial score (nSPS) is 11.0. The van der Waals surface area contributed by atoms with Gasteiger partial charge in [0, 0.05) is 24.7 Å². The minimum absolute atomic E-state index is 0. The maximum atomic E-state index is 4.42. The van der Waals surface area contributed by atoms with Gasteiger partial charge >= 0.3 is 0 Å². The number of hydrogen-bond acceptors (Lipinski definition) is 3. The molecule has 0 saturated carbocycles. The third-order valence-electron chi connectivity index (χ3n) is 3.86. The van der Waals surface area contributed by atoms with Crippen molar-refractivity contribution in [3.05, 3.63) is 52.0 Å². The van der Waals surface area contributed by atoms with E-state index in [1.807, 2.05) is 13.2 Å². The SMILES string of the molecule is CCc1cnc(CNC(=NC)NCCCCCc2ccccc2)s1.I. The van der Waals surface area contributed by atoms with Gasteiger partial charge in [0.15, 0.2) is 5.96 Å². The maximum Gasteiger partial charge on any atom is 0.191 e. The number of aryl methyl sites for hydroxylation is 2. The molecule has 0 atom stereocenters. The molecular weight excluding hydrogens is 443 g/mol. The molecule has 2 rings (SSSR count). The molecule has 0 aliphatic heterocycles. The van der Waals surface area contributed by atoms with E-state index >= 15 is 0 Å². The van der Waals surface area contributed by atoms with Gasteiger partial charge in [0.2, 0.25) is 0 Å². The molecule has 1 aromatic heterocycles. The molecule has 6 heteroatoms. The van der Waals surface area contributed by atoms with Gasteiger partial charge in [0.05, 0.1) is 6.54 Å². The summed E-state index contributed by atoms with van der Waals surface area (Å²) in [5, 5.41) is 7.81. The van der Waals surface area contributed by atoms with E-state index in [2.05, 4.69) is 57.9 Å². The van der Waals surface area contributed by atoms with Gasteiger partial charge in [0.25, 0.3) is 0 Å². The number of unbranched alkanes of at least 4 members (excludes halogenated alkanes) is 2. The fraction of sp³-hybridized carbons (Fsp3) is 0.474. The highest BCUT2D eigenvalue weighted by Gasteiger charge is 2.02. The third-order valence-corrected chi connectivity index (χ3v) is 5.00. The van der Waals surface area contributed by atoms with E-state index in [4.69, 9.17) is 0 Å². The van der Waals surface area contributed by atoms with E-state index < -0.39 is 0 Å². The second kappa shape index (κ2) is 13.1. The molecule has 25 heavy (non-hydrogen) atoms. The summed E-state index contributed by atoms with van der Waals surface area (Å²) in [6.07, 6.45) is 7.79. The third kappa shape index (κ3) is 8.67. The maximum absolute atomic E-state index is 4.42. The molecule has 0 fully saturated rings. The molecule has 0 radical (unpaired) electrons. The first kappa shape index (κ1) is 21.9. The number of nitrogens with one attached hydrogen (secondary N) is 2. The van der Waals surface area contributed by atoms with Gasteiger partial charge in [-0.15, -0.1) is 35.3 Å². The lowest BCUT2D eigenvalue weighted by atomic mass is 10.1. The Balaban J connectivity index is 0.00000312. The lowest BCUT2D eigenvalue weighted by molar-refractivity contribution is 0.655. The molecule has 0 saturated heterocycles. The Labute approximate surface area is 172 Å². The predicted octanol–water partition coefficient (Wildman–Crippen LogP) is 4.40. The van der Waals surface area contributed by atoms with Gasteiger partial charge in [-0.05, 0) is 31.2 Å². The predicted molar refractivity (Wildman–Crippen MR) is 119 cm³/mol. The monoisotopic (exact) mass is 472 g/mol. The molecule has 138 valence electrons. The van der Waals surface area contributed by atoms with Crippen molar-refractivity contribution < 1.29 is 0 Å². The molecule has 1 aromatic carbocycles. The number of benzene rings is 1. The van der Waals surface area contributed by atoms with Crippen molar-refractivity contribution >= 4 is 41.3 Å². The van der Waals surface area contributed by atoms with E-state index in [1.165, 1.54) is 23.3 Å². The van der Waals surface area contributed by atoms with Crippen LogP contribution in [0.4, 0.5) is 0 Å². The van der Waals surface area contributed by atoms with Crippen molar-refractivity contribution in [2.45, 2.75) is 45.6 Å². The molecular formula is C19H29IN4S. The number of rotatable bonds is 9. The average molecular weight is 472 g/mol. The quantitative estimate of drug-likeness (QED) is 0.246. The van der Waals surface area contributed by atoms with Gasteiger partial charge < -0.3 is 10.6 Å². The molecule has 0 aliphatic carbocycles. The van der Waals surface area contributed by atoms with Crippen LogP contribution in [0, 0.1) is 0 Å². The van der Waals surface area contributed by atoms with Crippen LogP contribution in [0.15, 0.2) is 41.5 Å². The van der Waals surface area contributed by atoms with Gasteiger partial charge in [-0.25, -0.2) is 4.98 Å². The van der Waals surface area contributed by atoms with Crippen molar-refractivity contribution in [2.75, 3.05) is 13.6 Å². The van der Waals surface area contributed by atoms with E-state index in [0.29, 0.717) is 0 Å². The van der Waals surface area contributed by atoms with E-state index in [-0.39, 0.29) is 24.0 Å². The Morgan fingerprint density at radius 2 is 1.92 bits per heavy atom. The average Bonchev–Trinajstić information content (AvgIpc) is 3.09. The number of aromatic nitrogens is 1. The van der Waals surface area contributed by atoms with Crippen LogP contribution in [0.5, 0.6) is 0 Å². The van der Waals surface area contributed by atoms with Crippen molar-refractivity contribution in [1.82, 2.24) is 15.6 Å². The largest absolute Gasteiger partial charge is 0.356 e. The highest BCUT2D eigenvalue weighted by atomic mass is 127. The first-order valence-corrected chi connectivity index (χ1v) is 9.55. The molecule has 0 bridgehead atoms. The van der Waals surface area contributed by atoms with Crippen LogP contribution in [0.1, 0.15) is 41.6 Å². The smallest absolute Gasteiger partial charge is 0.191 e. The van der Waals surface area contributed by atoms with E-state index in [1.54, 1.807) is 11.3 Å². The summed E-state index contributed by atoms with van der Waals surface area (Å²) in [6.45, 7) is 3.84.